The minimum absolute atomic E-state index is 0.325. The van der Waals surface area contributed by atoms with E-state index >= 15 is 0 Å². The van der Waals surface area contributed by atoms with E-state index in [0.717, 1.165) is 6.42 Å². The highest BCUT2D eigenvalue weighted by Crippen LogP contribution is 2.04. The Balaban J connectivity index is 2.71. The van der Waals surface area contributed by atoms with E-state index in [1.54, 1.807) is 13.0 Å². The molecule has 0 radical (unpaired) electrons. The molecule has 0 bridgehead atoms. The summed E-state index contributed by atoms with van der Waals surface area (Å²) >= 11 is 0. The zero-order valence-electron chi connectivity index (χ0n) is 7.78. The normalized spacial score (nSPS) is 9.69. The molecule has 0 aliphatic carbocycles. The summed E-state index contributed by atoms with van der Waals surface area (Å²) in [5, 5.41) is 7.41. The Bertz CT molecular complexity index is 299. The lowest BCUT2D eigenvalue weighted by Crippen LogP contribution is -2.09. The molecule has 13 heavy (non-hydrogen) atoms. The summed E-state index contributed by atoms with van der Waals surface area (Å²) in [6.07, 6.45) is 2.30. The second-order valence-corrected chi connectivity index (χ2v) is 2.67. The van der Waals surface area contributed by atoms with Gasteiger partial charge >= 0.3 is 5.97 Å². The maximum Gasteiger partial charge on any atom is 0.340 e. The summed E-state index contributed by atoms with van der Waals surface area (Å²) in [6.45, 7) is 4.13. The van der Waals surface area contributed by atoms with Crippen LogP contribution < -0.4 is 0 Å². The Kier molecular flexibility index (Phi) is 3.37. The monoisotopic (exact) mass is 180 g/mol. The van der Waals surface area contributed by atoms with E-state index in [-0.39, 0.29) is 5.97 Å². The third kappa shape index (κ3) is 2.50. The molecule has 1 aromatic rings. The number of carbonyl (C=O) groups is 1. The molecule has 0 amide bonds. The summed E-state index contributed by atoms with van der Waals surface area (Å²) in [7, 11) is 0. The first kappa shape index (κ1) is 9.64. The number of esters is 1. The van der Waals surface area contributed by atoms with Crippen LogP contribution in [0.15, 0.2) is 12.3 Å². The molecular formula is C9H12N2O2. The van der Waals surface area contributed by atoms with E-state index in [2.05, 4.69) is 10.2 Å². The van der Waals surface area contributed by atoms with Crippen molar-refractivity contribution in [2.45, 2.75) is 20.3 Å². The van der Waals surface area contributed by atoms with E-state index in [0.29, 0.717) is 17.9 Å². The van der Waals surface area contributed by atoms with Gasteiger partial charge in [-0.1, -0.05) is 6.92 Å². The first-order valence-electron chi connectivity index (χ1n) is 4.21. The molecule has 0 saturated carbocycles. The third-order valence-electron chi connectivity index (χ3n) is 1.56. The van der Waals surface area contributed by atoms with Crippen molar-refractivity contribution in [3.05, 3.63) is 23.5 Å². The molecule has 0 N–H and O–H groups in total. The first-order chi connectivity index (χ1) is 6.25. The van der Waals surface area contributed by atoms with Gasteiger partial charge in [-0.2, -0.15) is 10.2 Å². The lowest BCUT2D eigenvalue weighted by Gasteiger charge is -2.03. The predicted octanol–water partition coefficient (Wildman–Crippen LogP) is 1.35. The smallest absolute Gasteiger partial charge is 0.340 e. The third-order valence-corrected chi connectivity index (χ3v) is 1.56. The molecule has 0 atom stereocenters. The van der Waals surface area contributed by atoms with Crippen LogP contribution in [-0.4, -0.2) is 22.8 Å². The van der Waals surface area contributed by atoms with Crippen LogP contribution in [0, 0.1) is 6.92 Å². The van der Waals surface area contributed by atoms with Gasteiger partial charge in [0.1, 0.15) is 0 Å². The fourth-order valence-corrected chi connectivity index (χ4v) is 0.891. The second kappa shape index (κ2) is 4.54. The summed E-state index contributed by atoms with van der Waals surface area (Å²) in [5.41, 5.74) is 1.09. The van der Waals surface area contributed by atoms with E-state index in [1.165, 1.54) is 6.20 Å². The molecule has 1 heterocycles. The van der Waals surface area contributed by atoms with Crippen molar-refractivity contribution in [1.82, 2.24) is 10.2 Å². The molecule has 1 rings (SSSR count). The average molecular weight is 180 g/mol. The molecule has 0 saturated heterocycles. The van der Waals surface area contributed by atoms with E-state index in [1.807, 2.05) is 6.92 Å². The van der Waals surface area contributed by atoms with Crippen molar-refractivity contribution in [3.63, 3.8) is 0 Å². The van der Waals surface area contributed by atoms with Gasteiger partial charge in [0.05, 0.1) is 24.1 Å². The number of aryl methyl sites for hydroxylation is 1. The van der Waals surface area contributed by atoms with E-state index in [4.69, 9.17) is 4.74 Å². The van der Waals surface area contributed by atoms with E-state index < -0.39 is 0 Å². The van der Waals surface area contributed by atoms with Gasteiger partial charge in [0.2, 0.25) is 0 Å². The number of rotatable bonds is 3. The SMILES string of the molecule is CCCOC(=O)c1ccnnc1C. The molecule has 0 spiro atoms. The van der Waals surface area contributed by atoms with Crippen LogP contribution in [0.1, 0.15) is 29.4 Å². The summed E-state index contributed by atoms with van der Waals surface area (Å²) in [4.78, 5) is 11.3. The molecule has 0 aromatic carbocycles. The van der Waals surface area contributed by atoms with Crippen molar-refractivity contribution < 1.29 is 9.53 Å². The highest BCUT2D eigenvalue weighted by molar-refractivity contribution is 5.90. The van der Waals surface area contributed by atoms with Crippen LogP contribution in [0.5, 0.6) is 0 Å². The molecule has 0 fully saturated rings. The van der Waals surface area contributed by atoms with Gasteiger partial charge in [0, 0.05) is 0 Å². The molecule has 0 unspecified atom stereocenters. The maximum absolute atomic E-state index is 11.3. The number of carbonyl (C=O) groups excluding carboxylic acids is 1. The van der Waals surface area contributed by atoms with Crippen molar-refractivity contribution >= 4 is 5.97 Å². The number of hydrogen-bond acceptors (Lipinski definition) is 4. The molecule has 4 heteroatoms. The largest absolute Gasteiger partial charge is 0.462 e. The molecular weight excluding hydrogens is 168 g/mol. The number of ether oxygens (including phenoxy) is 1. The molecule has 0 aliphatic rings. The van der Waals surface area contributed by atoms with Crippen LogP contribution in [0.3, 0.4) is 0 Å². The quantitative estimate of drug-likeness (QED) is 0.659. The molecule has 0 aliphatic heterocycles. The number of aromatic nitrogens is 2. The Morgan fingerprint density at radius 2 is 2.38 bits per heavy atom. The summed E-state index contributed by atoms with van der Waals surface area (Å²) in [6, 6.07) is 1.61. The van der Waals surface area contributed by atoms with Gasteiger partial charge in [-0.3, -0.25) is 0 Å². The van der Waals surface area contributed by atoms with Gasteiger partial charge in [0.25, 0.3) is 0 Å². The average Bonchev–Trinajstić information content (AvgIpc) is 2.15. The Labute approximate surface area is 76.9 Å². The van der Waals surface area contributed by atoms with E-state index in [9.17, 15) is 4.79 Å². The van der Waals surface area contributed by atoms with Crippen LogP contribution in [-0.2, 0) is 4.74 Å². The summed E-state index contributed by atoms with van der Waals surface area (Å²) < 4.78 is 4.95. The zero-order chi connectivity index (χ0) is 9.68. The Morgan fingerprint density at radius 1 is 1.62 bits per heavy atom. The van der Waals surface area contributed by atoms with Crippen LogP contribution in [0.2, 0.25) is 0 Å². The predicted molar refractivity (Wildman–Crippen MR) is 47.3 cm³/mol. The maximum atomic E-state index is 11.3. The lowest BCUT2D eigenvalue weighted by molar-refractivity contribution is 0.0503. The topological polar surface area (TPSA) is 52.1 Å². The van der Waals surface area contributed by atoms with Gasteiger partial charge in [-0.15, -0.1) is 0 Å². The van der Waals surface area contributed by atoms with Crippen molar-refractivity contribution in [2.75, 3.05) is 6.61 Å². The number of nitrogens with zero attached hydrogens (tertiary/aromatic N) is 2. The molecule has 4 nitrogen and oxygen atoms in total. The minimum Gasteiger partial charge on any atom is -0.462 e. The number of hydrogen-bond donors (Lipinski definition) is 0. The van der Waals surface area contributed by atoms with Crippen molar-refractivity contribution in [2.24, 2.45) is 0 Å². The molecule has 1 aromatic heterocycles. The highest BCUT2D eigenvalue weighted by Gasteiger charge is 2.09. The van der Waals surface area contributed by atoms with Gasteiger partial charge < -0.3 is 4.74 Å². The van der Waals surface area contributed by atoms with Crippen LogP contribution >= 0.6 is 0 Å². The fourth-order valence-electron chi connectivity index (χ4n) is 0.891. The standard InChI is InChI=1S/C9H12N2O2/c1-3-6-13-9(12)8-4-5-10-11-7(8)2/h4-5H,3,6H2,1-2H3. The first-order valence-corrected chi connectivity index (χ1v) is 4.21. The van der Waals surface area contributed by atoms with Gasteiger partial charge in [0.15, 0.2) is 0 Å². The Morgan fingerprint density at radius 3 is 3.00 bits per heavy atom. The second-order valence-electron chi connectivity index (χ2n) is 2.67. The summed E-state index contributed by atoms with van der Waals surface area (Å²) in [5.74, 6) is -0.325. The fraction of sp³-hybridized carbons (Fsp3) is 0.444. The van der Waals surface area contributed by atoms with Gasteiger partial charge in [-0.05, 0) is 19.4 Å². The van der Waals surface area contributed by atoms with Crippen molar-refractivity contribution in [1.29, 1.82) is 0 Å². The van der Waals surface area contributed by atoms with Crippen LogP contribution in [0.25, 0.3) is 0 Å². The zero-order valence-corrected chi connectivity index (χ0v) is 7.78. The molecule has 70 valence electrons. The van der Waals surface area contributed by atoms with Crippen LogP contribution in [0.4, 0.5) is 0 Å². The lowest BCUT2D eigenvalue weighted by atomic mass is 10.2. The highest BCUT2D eigenvalue weighted by atomic mass is 16.5. The van der Waals surface area contributed by atoms with Crippen molar-refractivity contribution in [3.8, 4) is 0 Å². The Hall–Kier alpha value is -1.45. The minimum atomic E-state index is -0.325. The van der Waals surface area contributed by atoms with Gasteiger partial charge in [-0.25, -0.2) is 4.79 Å².